The zero-order valence-electron chi connectivity index (χ0n) is 14.4. The summed E-state index contributed by atoms with van der Waals surface area (Å²) in [4.78, 5) is 16.0. The fraction of sp³-hybridized carbons (Fsp3) is 0.0526. The van der Waals surface area contributed by atoms with Gasteiger partial charge in [0, 0.05) is 17.1 Å². The molecule has 27 heavy (non-hydrogen) atoms. The van der Waals surface area contributed by atoms with Gasteiger partial charge in [0.15, 0.2) is 0 Å². The van der Waals surface area contributed by atoms with Crippen molar-refractivity contribution in [3.63, 3.8) is 0 Å². The monoisotopic (exact) mass is 380 g/mol. The Morgan fingerprint density at radius 2 is 1.81 bits per heavy atom. The highest BCUT2D eigenvalue weighted by Gasteiger charge is 2.22. The van der Waals surface area contributed by atoms with Gasteiger partial charge in [-0.3, -0.25) is 10.1 Å². The molecule has 1 aliphatic heterocycles. The number of hydrogen-bond acceptors (Lipinski definition) is 5. The van der Waals surface area contributed by atoms with Crippen LogP contribution in [-0.2, 0) is 14.8 Å². The van der Waals surface area contributed by atoms with E-state index in [1.807, 2.05) is 6.92 Å². The number of hydrogen-bond donors (Lipinski definition) is 2. The Morgan fingerprint density at radius 1 is 1.11 bits per heavy atom. The maximum absolute atomic E-state index is 13.1. The predicted molar refractivity (Wildman–Crippen MR) is 103 cm³/mol. The summed E-state index contributed by atoms with van der Waals surface area (Å²) in [5, 5.41) is 3.09. The summed E-state index contributed by atoms with van der Waals surface area (Å²) in [6.07, 6.45) is 3.02. The molecule has 0 saturated carbocycles. The first-order valence-corrected chi connectivity index (χ1v) is 9.60. The Bertz CT molecular complexity index is 1240. The van der Waals surface area contributed by atoms with Crippen molar-refractivity contribution in [1.82, 2.24) is 9.29 Å². The Labute approximate surface area is 155 Å². The zero-order valence-corrected chi connectivity index (χ0v) is 15.2. The van der Waals surface area contributed by atoms with Crippen molar-refractivity contribution in [1.29, 1.82) is 0 Å². The number of carbonyl (C=O) groups excluding carboxylic acids is 1. The average molecular weight is 380 g/mol. The number of nitrogens with one attached hydrogen (secondary N) is 1. The topological polar surface area (TPSA) is 107 Å². The third-order valence-corrected chi connectivity index (χ3v) is 5.98. The first-order chi connectivity index (χ1) is 12.9. The van der Waals surface area contributed by atoms with E-state index in [2.05, 4.69) is 10.3 Å². The van der Waals surface area contributed by atoms with Gasteiger partial charge >= 0.3 is 0 Å². The summed E-state index contributed by atoms with van der Waals surface area (Å²) in [6, 6.07) is 13.7. The van der Waals surface area contributed by atoms with Gasteiger partial charge < -0.3 is 5.73 Å². The van der Waals surface area contributed by atoms with Crippen LogP contribution in [0.15, 0.2) is 70.3 Å². The molecule has 0 fully saturated rings. The Hall–Kier alpha value is -3.39. The van der Waals surface area contributed by atoms with Crippen LogP contribution in [0.1, 0.15) is 11.1 Å². The molecule has 7 nitrogen and oxygen atoms in total. The Kier molecular flexibility index (Phi) is 3.85. The van der Waals surface area contributed by atoms with Crippen LogP contribution in [0.3, 0.4) is 0 Å². The Balaban J connectivity index is 1.92. The molecule has 136 valence electrons. The molecule has 3 aromatic rings. The quantitative estimate of drug-likeness (QED) is 0.678. The van der Waals surface area contributed by atoms with E-state index < -0.39 is 15.9 Å². The van der Waals surface area contributed by atoms with Gasteiger partial charge in [0.25, 0.3) is 15.9 Å². The highest BCUT2D eigenvalue weighted by molar-refractivity contribution is 7.90. The van der Waals surface area contributed by atoms with Crippen molar-refractivity contribution in [2.45, 2.75) is 11.8 Å². The van der Waals surface area contributed by atoms with Crippen molar-refractivity contribution in [2.24, 2.45) is 10.7 Å². The summed E-state index contributed by atoms with van der Waals surface area (Å²) < 4.78 is 27.5. The van der Waals surface area contributed by atoms with Crippen molar-refractivity contribution in [3.8, 4) is 0 Å². The number of benzene rings is 2. The average Bonchev–Trinajstić information content (AvgIpc) is 3.16. The Morgan fingerprint density at radius 3 is 2.48 bits per heavy atom. The van der Waals surface area contributed by atoms with Gasteiger partial charge in [0.05, 0.1) is 10.4 Å². The van der Waals surface area contributed by atoms with E-state index in [4.69, 9.17) is 5.73 Å². The number of guanidine groups is 1. The fourth-order valence-corrected chi connectivity index (χ4v) is 4.32. The molecule has 0 radical (unpaired) electrons. The van der Waals surface area contributed by atoms with Crippen molar-refractivity contribution in [3.05, 3.63) is 71.6 Å². The molecule has 0 bridgehead atoms. The second-order valence-corrected chi connectivity index (χ2v) is 8.01. The molecule has 3 N–H and O–H groups in total. The summed E-state index contributed by atoms with van der Waals surface area (Å²) in [5.74, 6) is -0.409. The van der Waals surface area contributed by atoms with Gasteiger partial charge in [-0.15, -0.1) is 0 Å². The van der Waals surface area contributed by atoms with Crippen LogP contribution in [0.25, 0.3) is 17.0 Å². The SMILES string of the molecule is Cc1ccc(S(=O)(=O)n2cc(/C=C3/N=C(N)NC3=O)c3ccccc32)cc1. The number of aliphatic imine (C=N–C) groups is 1. The molecule has 2 heterocycles. The lowest BCUT2D eigenvalue weighted by Crippen LogP contribution is -2.30. The van der Waals surface area contributed by atoms with Crippen LogP contribution in [0.2, 0.25) is 0 Å². The van der Waals surface area contributed by atoms with Gasteiger partial charge in [0.2, 0.25) is 5.96 Å². The third kappa shape index (κ3) is 2.89. The molecule has 1 aliphatic rings. The zero-order chi connectivity index (χ0) is 19.2. The van der Waals surface area contributed by atoms with Crippen LogP contribution in [0.5, 0.6) is 0 Å². The molecule has 0 unspecified atom stereocenters. The minimum atomic E-state index is -3.79. The van der Waals surface area contributed by atoms with Crippen molar-refractivity contribution in [2.75, 3.05) is 0 Å². The van der Waals surface area contributed by atoms with Crippen molar-refractivity contribution < 1.29 is 13.2 Å². The third-order valence-electron chi connectivity index (χ3n) is 4.29. The second-order valence-electron chi connectivity index (χ2n) is 6.20. The molecule has 8 heteroatoms. The molecular weight excluding hydrogens is 364 g/mol. The van der Waals surface area contributed by atoms with E-state index >= 15 is 0 Å². The van der Waals surface area contributed by atoms with Gasteiger partial charge in [-0.1, -0.05) is 35.9 Å². The molecule has 1 aromatic heterocycles. The van der Waals surface area contributed by atoms with Gasteiger partial charge in [-0.2, -0.15) is 0 Å². The number of aromatic nitrogens is 1. The van der Waals surface area contributed by atoms with E-state index in [1.54, 1.807) is 48.5 Å². The van der Waals surface area contributed by atoms with Crippen LogP contribution in [-0.4, -0.2) is 24.3 Å². The summed E-state index contributed by atoms with van der Waals surface area (Å²) in [7, 11) is -3.79. The first-order valence-electron chi connectivity index (χ1n) is 8.16. The van der Waals surface area contributed by atoms with Crippen LogP contribution >= 0.6 is 0 Å². The molecule has 1 amide bonds. The predicted octanol–water partition coefficient (Wildman–Crippen LogP) is 1.97. The highest BCUT2D eigenvalue weighted by atomic mass is 32.2. The van der Waals surface area contributed by atoms with Gasteiger partial charge in [0.1, 0.15) is 5.70 Å². The smallest absolute Gasteiger partial charge is 0.276 e. The number of rotatable bonds is 3. The fourth-order valence-electron chi connectivity index (χ4n) is 2.95. The number of carbonyl (C=O) groups is 1. The molecule has 0 atom stereocenters. The number of nitrogens with zero attached hydrogens (tertiary/aromatic N) is 2. The van der Waals surface area contributed by atoms with Crippen LogP contribution < -0.4 is 11.1 Å². The largest absolute Gasteiger partial charge is 0.369 e. The highest BCUT2D eigenvalue weighted by Crippen LogP contribution is 2.28. The standard InChI is InChI=1S/C19H16N4O3S/c1-12-6-8-14(9-7-12)27(25,26)23-11-13(15-4-2-3-5-17(15)23)10-16-18(24)22-19(20)21-16/h2-11H,1H3,(H3,20,21,22,24)/b16-10+. The maximum Gasteiger partial charge on any atom is 0.276 e. The number of aryl methyl sites for hydroxylation is 1. The number of nitrogens with two attached hydrogens (primary N) is 1. The van der Waals surface area contributed by atoms with Crippen LogP contribution in [0, 0.1) is 6.92 Å². The van der Waals surface area contributed by atoms with Crippen molar-refractivity contribution >= 4 is 38.9 Å². The minimum absolute atomic E-state index is 0.0160. The molecule has 0 spiro atoms. The summed E-state index contributed by atoms with van der Waals surface area (Å²) in [6.45, 7) is 1.89. The van der Waals surface area contributed by atoms with E-state index in [-0.39, 0.29) is 16.6 Å². The molecule has 0 aliphatic carbocycles. The lowest BCUT2D eigenvalue weighted by atomic mass is 10.1. The van der Waals surface area contributed by atoms with E-state index in [0.717, 1.165) is 5.56 Å². The van der Waals surface area contributed by atoms with E-state index in [0.29, 0.717) is 16.5 Å². The molecule has 2 aromatic carbocycles. The van der Waals surface area contributed by atoms with Gasteiger partial charge in [-0.05, 0) is 31.2 Å². The lowest BCUT2D eigenvalue weighted by Gasteiger charge is -2.07. The number of fused-ring (bicyclic) bond motifs is 1. The molecule has 4 rings (SSSR count). The number of amides is 1. The summed E-state index contributed by atoms with van der Waals surface area (Å²) in [5.41, 5.74) is 7.69. The molecule has 0 saturated heterocycles. The molecular formula is C19H16N4O3S. The van der Waals surface area contributed by atoms with Crippen LogP contribution in [0.4, 0.5) is 0 Å². The normalized spacial score (nSPS) is 16.0. The van der Waals surface area contributed by atoms with E-state index in [1.165, 1.54) is 16.2 Å². The summed E-state index contributed by atoms with van der Waals surface area (Å²) >= 11 is 0. The minimum Gasteiger partial charge on any atom is -0.369 e. The lowest BCUT2D eigenvalue weighted by molar-refractivity contribution is -0.115. The van der Waals surface area contributed by atoms with Gasteiger partial charge in [-0.25, -0.2) is 17.4 Å². The maximum atomic E-state index is 13.1. The number of para-hydroxylation sites is 1. The first kappa shape index (κ1) is 17.0. The van der Waals surface area contributed by atoms with E-state index in [9.17, 15) is 13.2 Å². The second kappa shape index (κ2) is 6.10.